The molecular weight excluding hydrogens is 376 g/mol. The summed E-state index contributed by atoms with van der Waals surface area (Å²) in [5.74, 6) is -0.437. The summed E-state index contributed by atoms with van der Waals surface area (Å²) >= 11 is 11.9. The predicted octanol–water partition coefficient (Wildman–Crippen LogP) is 5.13. The molecule has 0 aliphatic rings. The van der Waals surface area contributed by atoms with Gasteiger partial charge in [-0.25, -0.2) is 0 Å². The van der Waals surface area contributed by atoms with Crippen molar-refractivity contribution in [2.45, 2.75) is 19.1 Å². The molecule has 0 radical (unpaired) electrons. The largest absolute Gasteiger partial charge is 0.416 e. The van der Waals surface area contributed by atoms with Crippen LogP contribution in [0.4, 0.5) is 18.9 Å². The van der Waals surface area contributed by atoms with Gasteiger partial charge in [0, 0.05) is 24.5 Å². The second-order valence-corrected chi connectivity index (χ2v) is 6.07. The van der Waals surface area contributed by atoms with E-state index in [-0.39, 0.29) is 17.1 Å². The first-order valence-electron chi connectivity index (χ1n) is 7.38. The highest BCUT2D eigenvalue weighted by Crippen LogP contribution is 2.33. The Bertz CT molecular complexity index is 751. The number of hydrogen-bond acceptors (Lipinski definition) is 2. The summed E-state index contributed by atoms with van der Waals surface area (Å²) in [6.45, 7) is 0.824. The van der Waals surface area contributed by atoms with E-state index in [0.717, 1.165) is 23.8 Å². The van der Waals surface area contributed by atoms with Gasteiger partial charge >= 0.3 is 6.18 Å². The second-order valence-electron chi connectivity index (χ2n) is 5.26. The number of amides is 1. The predicted molar refractivity (Wildman–Crippen MR) is 92.9 cm³/mol. The van der Waals surface area contributed by atoms with Crippen molar-refractivity contribution in [1.82, 2.24) is 5.32 Å². The number of carbonyl (C=O) groups excluding carboxylic acids is 1. The molecule has 8 heteroatoms. The standard InChI is InChI=1S/C17H15Cl2F3N2O/c18-13-4-2-1-3-11(13)10-23-8-7-16(25)24-15-9-12(17(20,21)22)5-6-14(15)19/h1-6,9,23H,7-8,10H2,(H,24,25). The Morgan fingerprint density at radius 1 is 1.04 bits per heavy atom. The van der Waals surface area contributed by atoms with Crippen LogP contribution < -0.4 is 10.6 Å². The van der Waals surface area contributed by atoms with Crippen molar-refractivity contribution in [2.75, 3.05) is 11.9 Å². The number of nitrogens with one attached hydrogen (secondary N) is 2. The summed E-state index contributed by atoms with van der Waals surface area (Å²) < 4.78 is 38.1. The average Bonchev–Trinajstić information content (AvgIpc) is 2.54. The fourth-order valence-corrected chi connectivity index (χ4v) is 2.44. The summed E-state index contributed by atoms with van der Waals surface area (Å²) in [7, 11) is 0. The Balaban J connectivity index is 1.85. The van der Waals surface area contributed by atoms with E-state index >= 15 is 0 Å². The van der Waals surface area contributed by atoms with Gasteiger partial charge in [0.25, 0.3) is 0 Å². The molecule has 0 spiro atoms. The molecule has 0 aliphatic heterocycles. The van der Waals surface area contributed by atoms with Crippen LogP contribution in [-0.4, -0.2) is 12.5 Å². The van der Waals surface area contributed by atoms with E-state index in [9.17, 15) is 18.0 Å². The highest BCUT2D eigenvalue weighted by atomic mass is 35.5. The van der Waals surface area contributed by atoms with Gasteiger partial charge in [0.1, 0.15) is 0 Å². The van der Waals surface area contributed by atoms with Crippen LogP contribution in [0, 0.1) is 0 Å². The molecule has 1 amide bonds. The molecule has 0 atom stereocenters. The molecular formula is C17H15Cl2F3N2O. The van der Waals surface area contributed by atoms with E-state index in [4.69, 9.17) is 23.2 Å². The molecule has 2 rings (SSSR count). The van der Waals surface area contributed by atoms with Crippen LogP contribution >= 0.6 is 23.2 Å². The van der Waals surface area contributed by atoms with E-state index in [0.29, 0.717) is 18.1 Å². The Labute approximate surface area is 153 Å². The number of halogens is 5. The molecule has 25 heavy (non-hydrogen) atoms. The Kier molecular flexibility index (Phi) is 6.70. The maximum Gasteiger partial charge on any atom is 0.416 e. The van der Waals surface area contributed by atoms with Crippen LogP contribution in [0.15, 0.2) is 42.5 Å². The molecule has 3 nitrogen and oxygen atoms in total. The second kappa shape index (κ2) is 8.56. The van der Waals surface area contributed by atoms with Crippen LogP contribution in [0.3, 0.4) is 0 Å². The first-order chi connectivity index (χ1) is 11.8. The Morgan fingerprint density at radius 2 is 1.76 bits per heavy atom. The minimum Gasteiger partial charge on any atom is -0.325 e. The monoisotopic (exact) mass is 390 g/mol. The number of carbonyl (C=O) groups is 1. The molecule has 0 fully saturated rings. The Hall–Kier alpha value is -1.76. The third kappa shape index (κ3) is 5.92. The first kappa shape index (κ1) is 19.6. The lowest BCUT2D eigenvalue weighted by Gasteiger charge is -2.12. The van der Waals surface area contributed by atoms with Crippen LogP contribution in [-0.2, 0) is 17.5 Å². The number of alkyl halides is 3. The fraction of sp³-hybridized carbons (Fsp3) is 0.235. The minimum absolute atomic E-state index is 0.0466. The lowest BCUT2D eigenvalue weighted by Crippen LogP contribution is -2.22. The van der Waals surface area contributed by atoms with Crippen LogP contribution in [0.2, 0.25) is 10.0 Å². The van der Waals surface area contributed by atoms with Crippen molar-refractivity contribution in [2.24, 2.45) is 0 Å². The quantitative estimate of drug-likeness (QED) is 0.671. The minimum atomic E-state index is -4.50. The van der Waals surface area contributed by atoms with Crippen molar-refractivity contribution >= 4 is 34.8 Å². The van der Waals surface area contributed by atoms with Gasteiger partial charge in [-0.1, -0.05) is 41.4 Å². The summed E-state index contributed by atoms with van der Waals surface area (Å²) in [6.07, 6.45) is -4.42. The highest BCUT2D eigenvalue weighted by molar-refractivity contribution is 6.33. The number of benzene rings is 2. The van der Waals surface area contributed by atoms with Crippen LogP contribution in [0.5, 0.6) is 0 Å². The zero-order valence-corrected chi connectivity index (χ0v) is 14.5. The van der Waals surface area contributed by atoms with E-state index in [2.05, 4.69) is 10.6 Å². The zero-order valence-electron chi connectivity index (χ0n) is 13.0. The van der Waals surface area contributed by atoms with Crippen molar-refractivity contribution in [3.8, 4) is 0 Å². The Morgan fingerprint density at radius 3 is 2.44 bits per heavy atom. The molecule has 0 heterocycles. The van der Waals surface area contributed by atoms with Crippen molar-refractivity contribution in [1.29, 1.82) is 0 Å². The van der Waals surface area contributed by atoms with E-state index < -0.39 is 17.6 Å². The van der Waals surface area contributed by atoms with Crippen molar-refractivity contribution in [3.63, 3.8) is 0 Å². The lowest BCUT2D eigenvalue weighted by atomic mass is 10.2. The number of hydrogen-bond donors (Lipinski definition) is 2. The molecule has 2 aromatic carbocycles. The van der Waals surface area contributed by atoms with Crippen molar-refractivity contribution in [3.05, 3.63) is 63.6 Å². The van der Waals surface area contributed by atoms with E-state index in [1.54, 1.807) is 6.07 Å². The van der Waals surface area contributed by atoms with Gasteiger partial charge in [0.2, 0.25) is 5.91 Å². The van der Waals surface area contributed by atoms with E-state index in [1.165, 1.54) is 0 Å². The first-order valence-corrected chi connectivity index (χ1v) is 8.13. The zero-order chi connectivity index (χ0) is 18.4. The summed E-state index contributed by atoms with van der Waals surface area (Å²) in [5, 5.41) is 6.11. The van der Waals surface area contributed by atoms with E-state index in [1.807, 2.05) is 18.2 Å². The van der Waals surface area contributed by atoms with Crippen LogP contribution in [0.25, 0.3) is 0 Å². The normalized spacial score (nSPS) is 11.4. The van der Waals surface area contributed by atoms with Gasteiger partial charge in [0.05, 0.1) is 16.3 Å². The van der Waals surface area contributed by atoms with Gasteiger partial charge in [-0.15, -0.1) is 0 Å². The molecule has 0 saturated heterocycles. The SMILES string of the molecule is O=C(CCNCc1ccccc1Cl)Nc1cc(C(F)(F)F)ccc1Cl. The maximum absolute atomic E-state index is 12.7. The maximum atomic E-state index is 12.7. The van der Waals surface area contributed by atoms with Crippen molar-refractivity contribution < 1.29 is 18.0 Å². The third-order valence-electron chi connectivity index (χ3n) is 3.37. The van der Waals surface area contributed by atoms with Gasteiger partial charge in [-0.2, -0.15) is 13.2 Å². The van der Waals surface area contributed by atoms with Crippen LogP contribution in [0.1, 0.15) is 17.5 Å². The smallest absolute Gasteiger partial charge is 0.325 e. The summed E-state index contributed by atoms with van der Waals surface area (Å²) in [5.41, 5.74) is -0.0397. The molecule has 2 aromatic rings. The third-order valence-corrected chi connectivity index (χ3v) is 4.07. The molecule has 0 aromatic heterocycles. The molecule has 0 bridgehead atoms. The summed E-state index contributed by atoms with van der Waals surface area (Å²) in [4.78, 5) is 11.9. The molecule has 0 unspecified atom stereocenters. The van der Waals surface area contributed by atoms with Gasteiger partial charge in [-0.3, -0.25) is 4.79 Å². The number of anilines is 1. The fourth-order valence-electron chi connectivity index (χ4n) is 2.08. The summed E-state index contributed by atoms with van der Waals surface area (Å²) in [6, 6.07) is 10.1. The highest BCUT2D eigenvalue weighted by Gasteiger charge is 2.31. The molecule has 0 saturated carbocycles. The topological polar surface area (TPSA) is 41.1 Å². The molecule has 0 aliphatic carbocycles. The molecule has 2 N–H and O–H groups in total. The average molecular weight is 391 g/mol. The molecule has 134 valence electrons. The lowest BCUT2D eigenvalue weighted by molar-refractivity contribution is -0.137. The van der Waals surface area contributed by atoms with Gasteiger partial charge in [0.15, 0.2) is 0 Å². The number of rotatable bonds is 6. The van der Waals surface area contributed by atoms with Gasteiger partial charge < -0.3 is 10.6 Å². The van der Waals surface area contributed by atoms with Gasteiger partial charge in [-0.05, 0) is 29.8 Å².